The van der Waals surface area contributed by atoms with Crippen molar-refractivity contribution in [3.8, 4) is 78.9 Å². The van der Waals surface area contributed by atoms with Gasteiger partial charge in [0.15, 0.2) is 5.58 Å². The number of benzene rings is 23. The third-order valence-electron chi connectivity index (χ3n) is 31.8. The molecule has 10 aromatic heterocycles. The number of rotatable bonds is 11. The molecule has 0 aliphatic rings. The second-order valence-corrected chi connectivity index (χ2v) is 40.3. The summed E-state index contributed by atoms with van der Waals surface area (Å²) < 4.78 is 29.6. The van der Waals surface area contributed by atoms with Gasteiger partial charge in [-0.2, -0.15) is 0 Å². The molecule has 33 aromatic rings. The van der Waals surface area contributed by atoms with Gasteiger partial charge in [-0.15, -0.1) is 11.3 Å². The van der Waals surface area contributed by atoms with Crippen LogP contribution in [0.3, 0.4) is 0 Å². The molecular weight excluding hydrogens is 1790 g/mol. The van der Waals surface area contributed by atoms with Gasteiger partial charge in [-0.25, -0.2) is 0 Å². The van der Waals surface area contributed by atoms with Gasteiger partial charge in [0, 0.05) is 162 Å². The summed E-state index contributed by atoms with van der Waals surface area (Å²) in [5.74, 6) is 0. The predicted molar refractivity (Wildman–Crippen MR) is 615 cm³/mol. The predicted octanol–water partition coefficient (Wildman–Crippen LogP) is 36.9. The summed E-state index contributed by atoms with van der Waals surface area (Å²) >= 11 is 1.89. The van der Waals surface area contributed by atoms with Crippen LogP contribution in [0.1, 0.15) is 0 Å². The molecule has 0 bridgehead atoms. The summed E-state index contributed by atoms with van der Waals surface area (Å²) in [7, 11) is 0. The number of fused-ring (bicyclic) bond motifs is 34. The zero-order valence-corrected chi connectivity index (χ0v) is 79.4. The van der Waals surface area contributed by atoms with Crippen molar-refractivity contribution in [1.82, 2.24) is 36.5 Å². The maximum atomic E-state index is 7.12. The van der Waals surface area contributed by atoms with Crippen LogP contribution >= 0.6 is 11.3 Å². The molecule has 10 heteroatoms. The Kier molecular flexibility index (Phi) is 16.4. The molecule has 9 nitrogen and oxygen atoms in total. The Bertz CT molecular complexity index is 11500. The first-order valence-corrected chi connectivity index (χ1v) is 51.0. The van der Waals surface area contributed by atoms with Crippen LogP contribution < -0.4 is 0 Å². The first-order valence-electron chi connectivity index (χ1n) is 50.2. The van der Waals surface area contributed by atoms with E-state index in [1.807, 2.05) is 17.6 Å². The summed E-state index contributed by atoms with van der Waals surface area (Å²) in [6, 6.07) is 179. The highest BCUT2D eigenvalue weighted by atomic mass is 32.1. The van der Waals surface area contributed by atoms with Crippen molar-refractivity contribution in [1.29, 1.82) is 0 Å². The molecule has 0 aliphatic heterocycles. The second kappa shape index (κ2) is 30.2. The first kappa shape index (κ1) is 79.5. The zero-order valence-electron chi connectivity index (χ0n) is 78.6. The standard InChI is InChI=1S/C136H80N8OS/c1-3-30-82(31-4-1)107-77-86(85-33-27-36-89(76-85)138-116-53-24-16-44-104(116)128-122(138)73-72-121-127(128)103-43-15-23-52-115(103)137(121)87-34-5-2-6-35-87)78-109-108-79-91(63-74-126(108)146-136(107)109)139-117-54-25-17-45-105(117)129-123(139)68-66-98-94-39-11-19-48-111(94)140(131(98)129)88-60-58-83(59-61-88)110-80-145-135-102(110)47-28-56-125(135)144-114-51-22-13-40-95(114)99-67-69-124-130(132(99)144)106-46-18-26-55-118(106)142(124)119-70-71-120(93-38-10-9-37-92(93)119)143-113-50-21-14-42-97(113)101-65-64-100-96-41-12-20-49-112(96)141(133(100)134(101)143)90-62-57-81-29-7-8-32-84(81)75-90/h1-80H. The molecule has 0 saturated carbocycles. The summed E-state index contributed by atoms with van der Waals surface area (Å²) in [5, 5.41) is 27.5. The third kappa shape index (κ3) is 11.0. The van der Waals surface area contributed by atoms with Crippen molar-refractivity contribution in [2.75, 3.05) is 0 Å². The molecule has 23 aromatic carbocycles. The van der Waals surface area contributed by atoms with E-state index in [1.165, 1.54) is 172 Å². The van der Waals surface area contributed by atoms with Crippen LogP contribution in [0.2, 0.25) is 0 Å². The van der Waals surface area contributed by atoms with Crippen molar-refractivity contribution in [2.24, 2.45) is 0 Å². The lowest BCUT2D eigenvalue weighted by atomic mass is 9.95. The van der Waals surface area contributed by atoms with Crippen molar-refractivity contribution < 1.29 is 4.42 Å². The lowest BCUT2D eigenvalue weighted by Crippen LogP contribution is -2.01. The Morgan fingerprint density at radius 2 is 0.541 bits per heavy atom. The van der Waals surface area contributed by atoms with Crippen molar-refractivity contribution in [3.05, 3.63) is 486 Å². The van der Waals surface area contributed by atoms with E-state index >= 15 is 0 Å². The summed E-state index contributed by atoms with van der Waals surface area (Å²) in [5.41, 5.74) is 34.8. The Morgan fingerprint density at radius 1 is 0.164 bits per heavy atom. The minimum Gasteiger partial charge on any atom is -0.461 e. The lowest BCUT2D eigenvalue weighted by Gasteiger charge is -2.18. The minimum absolute atomic E-state index is 0.815. The zero-order chi connectivity index (χ0) is 94.9. The Morgan fingerprint density at radius 3 is 1.14 bits per heavy atom. The molecule has 0 saturated heterocycles. The smallest absolute Gasteiger partial charge is 0.158 e. The van der Waals surface area contributed by atoms with Gasteiger partial charge in [0.1, 0.15) is 0 Å². The van der Waals surface area contributed by atoms with E-state index in [4.69, 9.17) is 4.42 Å². The van der Waals surface area contributed by atoms with Gasteiger partial charge in [-0.3, -0.25) is 0 Å². The second-order valence-electron chi connectivity index (χ2n) is 39.2. The Labute approximate surface area is 837 Å². The van der Waals surface area contributed by atoms with Crippen molar-refractivity contribution >= 4 is 238 Å². The monoisotopic (exact) mass is 1870 g/mol. The number of hydrogen-bond donors (Lipinski definition) is 0. The molecule has 0 fully saturated rings. The van der Waals surface area contributed by atoms with Crippen LogP contribution in [0, 0.1) is 0 Å². The summed E-state index contributed by atoms with van der Waals surface area (Å²) in [6.07, 6.45) is 1.98. The molecule has 676 valence electrons. The van der Waals surface area contributed by atoms with Gasteiger partial charge in [0.2, 0.25) is 0 Å². The Hall–Kier alpha value is -19.3. The number of hydrogen-bond acceptors (Lipinski definition) is 2. The maximum Gasteiger partial charge on any atom is 0.158 e. The molecule has 0 unspecified atom stereocenters. The largest absolute Gasteiger partial charge is 0.461 e. The van der Waals surface area contributed by atoms with Crippen LogP contribution in [-0.2, 0) is 0 Å². The molecule has 0 atom stereocenters. The lowest BCUT2D eigenvalue weighted by molar-refractivity contribution is 0.615. The molecule has 0 N–H and O–H groups in total. The first-order chi connectivity index (χ1) is 72.5. The normalized spacial score (nSPS) is 12.4. The van der Waals surface area contributed by atoms with E-state index in [-0.39, 0.29) is 0 Å². The SMILES string of the molecule is c1ccc(-c2cc(-c3cccc(-n4c5ccccc5c5c6c7ccccc7n(-c7ccccc7)c6ccc54)c3)cc3c2sc2ccc(-n4c5ccccc5c5c4ccc4c6ccccc6n(-c6ccc(-c7coc8c(-n9c%10ccccc%10c%10ccc%11c(c%12ccccc%12n%11-c%11ccc(-n%12c%13ccccc%13c%13ccc%14c%15ccccc%15n(-c%15ccc%16ccccc%16c%15)c%14c%13%12)c%12ccccc%11%12)c%109)cccc78)cc6)c45)cc23)cc1. The highest BCUT2D eigenvalue weighted by Gasteiger charge is 2.31. The molecule has 33 rings (SSSR count). The molecule has 0 amide bonds. The van der Waals surface area contributed by atoms with Crippen LogP contribution in [0.25, 0.3) is 306 Å². The highest BCUT2D eigenvalue weighted by molar-refractivity contribution is 7.26. The number of thiophene rings is 1. The quantitative estimate of drug-likeness (QED) is 0.127. The van der Waals surface area contributed by atoms with Gasteiger partial charge in [0.25, 0.3) is 0 Å². The topological polar surface area (TPSA) is 52.6 Å². The highest BCUT2D eigenvalue weighted by Crippen LogP contribution is 2.53. The summed E-state index contributed by atoms with van der Waals surface area (Å²) in [4.78, 5) is 0. The van der Waals surface area contributed by atoms with Crippen LogP contribution in [0.4, 0.5) is 0 Å². The van der Waals surface area contributed by atoms with Gasteiger partial charge in [0.05, 0.1) is 112 Å². The fourth-order valence-corrected chi connectivity index (χ4v) is 27.0. The van der Waals surface area contributed by atoms with Crippen molar-refractivity contribution in [2.45, 2.75) is 0 Å². The average molecular weight is 1870 g/mol. The van der Waals surface area contributed by atoms with E-state index in [0.29, 0.717) is 0 Å². The van der Waals surface area contributed by atoms with E-state index in [9.17, 15) is 0 Å². The number of aromatic nitrogens is 8. The molecular formula is C136H80N8OS. The molecule has 0 radical (unpaired) electrons. The van der Waals surface area contributed by atoms with Crippen molar-refractivity contribution in [3.63, 3.8) is 0 Å². The van der Waals surface area contributed by atoms with Crippen LogP contribution in [-0.4, -0.2) is 36.5 Å². The van der Waals surface area contributed by atoms with E-state index in [2.05, 4.69) is 516 Å². The maximum absolute atomic E-state index is 7.12. The van der Waals surface area contributed by atoms with Gasteiger partial charge in [-0.1, -0.05) is 309 Å². The van der Waals surface area contributed by atoms with E-state index in [0.717, 1.165) is 134 Å². The average Bonchev–Trinajstić information content (AvgIpc) is 1.54. The van der Waals surface area contributed by atoms with Crippen LogP contribution in [0.5, 0.6) is 0 Å². The number of para-hydroxylation sites is 10. The van der Waals surface area contributed by atoms with E-state index in [1.54, 1.807) is 0 Å². The Balaban J connectivity index is 0.506. The molecule has 0 spiro atoms. The molecule has 0 aliphatic carbocycles. The fraction of sp³-hybridized carbons (Fsp3) is 0. The minimum atomic E-state index is 0.815. The summed E-state index contributed by atoms with van der Waals surface area (Å²) in [6.45, 7) is 0. The van der Waals surface area contributed by atoms with Gasteiger partial charge in [-0.05, 0) is 203 Å². The third-order valence-corrected chi connectivity index (χ3v) is 33.1. The van der Waals surface area contributed by atoms with Gasteiger partial charge < -0.3 is 41.0 Å². The van der Waals surface area contributed by atoms with Gasteiger partial charge >= 0.3 is 0 Å². The fourth-order valence-electron chi connectivity index (χ4n) is 25.8. The van der Waals surface area contributed by atoms with E-state index < -0.39 is 0 Å². The molecule has 146 heavy (non-hydrogen) atoms. The molecule has 10 heterocycles. The number of nitrogens with zero attached hydrogens (tertiary/aromatic N) is 8. The number of furan rings is 1. The van der Waals surface area contributed by atoms with Crippen LogP contribution in [0.15, 0.2) is 490 Å².